The Hall–Kier alpha value is -2.94. The van der Waals surface area contributed by atoms with Gasteiger partial charge in [0.1, 0.15) is 11.6 Å². The molecule has 0 saturated carbocycles. The van der Waals surface area contributed by atoms with Crippen LogP contribution in [0.2, 0.25) is 5.02 Å². The molecule has 0 bridgehead atoms. The van der Waals surface area contributed by atoms with E-state index < -0.39 is 40.0 Å². The van der Waals surface area contributed by atoms with Gasteiger partial charge in [-0.3, -0.25) is 9.48 Å². The molecule has 3 rings (SSSR count). The smallest absolute Gasteiger partial charge is 0.365 e. The highest BCUT2D eigenvalue weighted by Gasteiger charge is 2.41. The van der Waals surface area contributed by atoms with Gasteiger partial charge in [0.15, 0.2) is 5.69 Å². The third-order valence-corrected chi connectivity index (χ3v) is 4.41. The number of carbonyl (C=O) groups is 1. The molecular formula is C18H11ClF5N3O. The van der Waals surface area contributed by atoms with Crippen LogP contribution in [0.3, 0.4) is 0 Å². The van der Waals surface area contributed by atoms with Crippen molar-refractivity contribution in [2.24, 2.45) is 12.8 Å². The third-order valence-electron chi connectivity index (χ3n) is 4.03. The largest absolute Gasteiger partial charge is 0.435 e. The third kappa shape index (κ3) is 3.33. The molecule has 10 heteroatoms. The minimum absolute atomic E-state index is 0.0497. The Morgan fingerprint density at radius 2 is 1.71 bits per heavy atom. The normalized spacial score (nSPS) is 11.7. The molecule has 0 aliphatic rings. The number of aromatic nitrogens is 2. The Kier molecular flexibility index (Phi) is 4.88. The van der Waals surface area contributed by atoms with Crippen molar-refractivity contribution in [2.45, 2.75) is 6.18 Å². The standard InChI is InChI=1S/C18H11ClF5N3O/c1-27-15(13(17(25)28)16(26-27)18(22,23)24)10-5-3-2-4-9(10)11-6-8(20)7-12(21)14(11)19/h2-7H,1H3,(H2,25,28). The molecule has 0 fully saturated rings. The van der Waals surface area contributed by atoms with Crippen LogP contribution in [0, 0.1) is 11.6 Å². The van der Waals surface area contributed by atoms with Crippen molar-refractivity contribution in [3.63, 3.8) is 0 Å². The zero-order valence-electron chi connectivity index (χ0n) is 14.1. The summed E-state index contributed by atoms with van der Waals surface area (Å²) in [5.74, 6) is -3.31. The summed E-state index contributed by atoms with van der Waals surface area (Å²) >= 11 is 5.94. The summed E-state index contributed by atoms with van der Waals surface area (Å²) in [7, 11) is 1.20. The maximum Gasteiger partial charge on any atom is 0.435 e. The maximum absolute atomic E-state index is 13.9. The van der Waals surface area contributed by atoms with Crippen LogP contribution in [-0.2, 0) is 13.2 Å². The summed E-state index contributed by atoms with van der Waals surface area (Å²) in [4.78, 5) is 11.8. The van der Waals surface area contributed by atoms with Gasteiger partial charge in [0.05, 0.1) is 16.3 Å². The van der Waals surface area contributed by atoms with Crippen LogP contribution in [0.4, 0.5) is 22.0 Å². The minimum Gasteiger partial charge on any atom is -0.365 e. The number of aryl methyl sites for hydroxylation is 1. The summed E-state index contributed by atoms with van der Waals surface area (Å²) < 4.78 is 68.4. The number of benzene rings is 2. The monoisotopic (exact) mass is 415 g/mol. The summed E-state index contributed by atoms with van der Waals surface area (Å²) in [6.07, 6.45) is -4.93. The Morgan fingerprint density at radius 3 is 2.29 bits per heavy atom. The number of halogens is 6. The van der Waals surface area contributed by atoms with Gasteiger partial charge in [0, 0.05) is 24.2 Å². The first kappa shape index (κ1) is 19.8. The quantitative estimate of drug-likeness (QED) is 0.493. The van der Waals surface area contributed by atoms with E-state index in [1.54, 1.807) is 0 Å². The first-order chi connectivity index (χ1) is 13.0. The van der Waals surface area contributed by atoms with E-state index in [1.165, 1.54) is 31.3 Å². The van der Waals surface area contributed by atoms with Gasteiger partial charge in [-0.2, -0.15) is 18.3 Å². The lowest BCUT2D eigenvalue weighted by Crippen LogP contribution is -2.18. The topological polar surface area (TPSA) is 60.9 Å². The number of primary amides is 1. The molecule has 0 radical (unpaired) electrons. The van der Waals surface area contributed by atoms with Crippen LogP contribution in [0.5, 0.6) is 0 Å². The number of rotatable bonds is 3. The zero-order chi connectivity index (χ0) is 20.8. The molecule has 3 aromatic rings. The van der Waals surface area contributed by atoms with E-state index in [1.807, 2.05) is 0 Å². The van der Waals surface area contributed by atoms with Crippen LogP contribution in [0.1, 0.15) is 16.1 Å². The van der Waals surface area contributed by atoms with E-state index >= 15 is 0 Å². The van der Waals surface area contributed by atoms with Crippen LogP contribution >= 0.6 is 11.6 Å². The Balaban J connectivity index is 2.38. The molecule has 0 atom stereocenters. The fourth-order valence-corrected chi connectivity index (χ4v) is 3.15. The number of nitrogens with zero attached hydrogens (tertiary/aromatic N) is 2. The van der Waals surface area contributed by atoms with Crippen molar-refractivity contribution < 1.29 is 26.7 Å². The maximum atomic E-state index is 13.9. The second-order valence-electron chi connectivity index (χ2n) is 5.85. The summed E-state index contributed by atoms with van der Waals surface area (Å²) in [6.45, 7) is 0. The molecule has 4 nitrogen and oxygen atoms in total. The predicted octanol–water partition coefficient (Wildman–Crippen LogP) is 4.80. The van der Waals surface area contributed by atoms with E-state index in [2.05, 4.69) is 5.10 Å². The molecule has 2 aromatic carbocycles. The van der Waals surface area contributed by atoms with Crippen LogP contribution in [-0.4, -0.2) is 15.7 Å². The van der Waals surface area contributed by atoms with Gasteiger partial charge in [-0.25, -0.2) is 8.78 Å². The number of alkyl halides is 3. The molecule has 28 heavy (non-hydrogen) atoms. The van der Waals surface area contributed by atoms with E-state index in [0.29, 0.717) is 6.07 Å². The highest BCUT2D eigenvalue weighted by atomic mass is 35.5. The average molecular weight is 416 g/mol. The van der Waals surface area contributed by atoms with Crippen molar-refractivity contribution in [3.8, 4) is 22.4 Å². The summed E-state index contributed by atoms with van der Waals surface area (Å²) in [6, 6.07) is 7.28. The Labute approximate surface area is 160 Å². The zero-order valence-corrected chi connectivity index (χ0v) is 14.9. The van der Waals surface area contributed by atoms with Crippen molar-refractivity contribution >= 4 is 17.5 Å². The lowest BCUT2D eigenvalue weighted by atomic mass is 9.94. The van der Waals surface area contributed by atoms with E-state index in [0.717, 1.165) is 10.7 Å². The van der Waals surface area contributed by atoms with Gasteiger partial charge in [-0.05, 0) is 11.6 Å². The van der Waals surface area contributed by atoms with Gasteiger partial charge in [-0.15, -0.1) is 0 Å². The SMILES string of the molecule is Cn1nc(C(F)(F)F)c(C(N)=O)c1-c1ccccc1-c1cc(F)cc(F)c1Cl. The molecule has 1 amide bonds. The number of carbonyl (C=O) groups excluding carboxylic acids is 1. The second kappa shape index (κ2) is 6.90. The van der Waals surface area contributed by atoms with Gasteiger partial charge in [-0.1, -0.05) is 35.9 Å². The molecule has 0 unspecified atom stereocenters. The fourth-order valence-electron chi connectivity index (χ4n) is 2.94. The van der Waals surface area contributed by atoms with Crippen LogP contribution in [0.15, 0.2) is 36.4 Å². The van der Waals surface area contributed by atoms with Gasteiger partial charge in [0.25, 0.3) is 5.91 Å². The summed E-state index contributed by atoms with van der Waals surface area (Å²) in [5.41, 5.74) is 2.69. The van der Waals surface area contributed by atoms with Crippen molar-refractivity contribution in [2.75, 3.05) is 0 Å². The molecule has 1 heterocycles. The number of hydrogen-bond acceptors (Lipinski definition) is 2. The Morgan fingerprint density at radius 1 is 1.11 bits per heavy atom. The fraction of sp³-hybridized carbons (Fsp3) is 0.111. The molecule has 0 aliphatic carbocycles. The summed E-state index contributed by atoms with van der Waals surface area (Å²) in [5, 5.41) is 2.96. The van der Waals surface area contributed by atoms with Crippen molar-refractivity contribution in [1.29, 1.82) is 0 Å². The highest BCUT2D eigenvalue weighted by molar-refractivity contribution is 6.33. The molecule has 1 aromatic heterocycles. The van der Waals surface area contributed by atoms with E-state index in [9.17, 15) is 26.7 Å². The predicted molar refractivity (Wildman–Crippen MR) is 92.5 cm³/mol. The molecule has 0 aliphatic heterocycles. The van der Waals surface area contributed by atoms with Crippen molar-refractivity contribution in [3.05, 3.63) is 64.3 Å². The van der Waals surface area contributed by atoms with Gasteiger partial charge >= 0.3 is 6.18 Å². The van der Waals surface area contributed by atoms with Crippen LogP contribution < -0.4 is 5.73 Å². The first-order valence-electron chi connectivity index (χ1n) is 7.70. The van der Waals surface area contributed by atoms with E-state index in [-0.39, 0.29) is 22.4 Å². The van der Waals surface area contributed by atoms with Crippen LogP contribution in [0.25, 0.3) is 22.4 Å². The molecule has 0 saturated heterocycles. The average Bonchev–Trinajstić information content (AvgIpc) is 2.96. The lowest BCUT2D eigenvalue weighted by Gasteiger charge is -2.13. The number of hydrogen-bond donors (Lipinski definition) is 1. The number of amides is 1. The molecule has 2 N–H and O–H groups in total. The lowest BCUT2D eigenvalue weighted by molar-refractivity contribution is -0.141. The highest BCUT2D eigenvalue weighted by Crippen LogP contribution is 2.41. The molecular weight excluding hydrogens is 405 g/mol. The van der Waals surface area contributed by atoms with E-state index in [4.69, 9.17) is 17.3 Å². The minimum atomic E-state index is -4.93. The number of nitrogens with two attached hydrogens (primary N) is 1. The molecule has 0 spiro atoms. The van der Waals surface area contributed by atoms with Gasteiger partial charge < -0.3 is 5.73 Å². The van der Waals surface area contributed by atoms with Gasteiger partial charge in [0.2, 0.25) is 0 Å². The Bertz CT molecular complexity index is 1090. The first-order valence-corrected chi connectivity index (χ1v) is 8.08. The van der Waals surface area contributed by atoms with Crippen molar-refractivity contribution in [1.82, 2.24) is 9.78 Å². The second-order valence-corrected chi connectivity index (χ2v) is 6.23. The molecule has 146 valence electrons.